The lowest BCUT2D eigenvalue weighted by Gasteiger charge is -2.09. The van der Waals surface area contributed by atoms with E-state index in [4.69, 9.17) is 16.9 Å². The molecule has 0 atom stereocenters. The molecule has 0 aliphatic heterocycles. The standard InChI is InChI=1S/C19H13ClN4O3/c20-16-4-2-1-3-13(16)11-24-18(26)15(10-22-19(24)27)17(25)23-14-7-5-12(9-21)6-8-14/h1-8,10H,11H2,(H,22,27)(H,23,25). The van der Waals surface area contributed by atoms with E-state index in [-0.39, 0.29) is 12.1 Å². The minimum absolute atomic E-state index is 0.0637. The molecule has 1 amide bonds. The molecule has 3 rings (SSSR count). The van der Waals surface area contributed by atoms with Crippen LogP contribution < -0.4 is 16.6 Å². The van der Waals surface area contributed by atoms with E-state index < -0.39 is 17.2 Å². The largest absolute Gasteiger partial charge is 0.328 e. The van der Waals surface area contributed by atoms with Gasteiger partial charge in [-0.05, 0) is 35.9 Å². The molecule has 1 aromatic heterocycles. The van der Waals surface area contributed by atoms with Crippen LogP contribution in [0.3, 0.4) is 0 Å². The van der Waals surface area contributed by atoms with Gasteiger partial charge in [-0.15, -0.1) is 0 Å². The zero-order chi connectivity index (χ0) is 19.4. The predicted molar refractivity (Wildman–Crippen MR) is 101 cm³/mol. The van der Waals surface area contributed by atoms with Gasteiger partial charge in [0.1, 0.15) is 5.56 Å². The molecule has 27 heavy (non-hydrogen) atoms. The second-order valence-electron chi connectivity index (χ2n) is 5.63. The Bertz CT molecular complexity index is 1160. The van der Waals surface area contributed by atoms with Gasteiger partial charge in [-0.3, -0.25) is 14.2 Å². The molecule has 0 fully saturated rings. The van der Waals surface area contributed by atoms with Gasteiger partial charge in [-0.25, -0.2) is 4.79 Å². The van der Waals surface area contributed by atoms with E-state index in [0.717, 1.165) is 10.8 Å². The Labute approximate surface area is 158 Å². The van der Waals surface area contributed by atoms with E-state index in [9.17, 15) is 14.4 Å². The molecule has 8 heteroatoms. The van der Waals surface area contributed by atoms with Crippen molar-refractivity contribution < 1.29 is 4.79 Å². The normalized spacial score (nSPS) is 10.2. The summed E-state index contributed by atoms with van der Waals surface area (Å²) in [7, 11) is 0. The summed E-state index contributed by atoms with van der Waals surface area (Å²) in [5, 5.41) is 11.8. The molecule has 134 valence electrons. The van der Waals surface area contributed by atoms with E-state index >= 15 is 0 Å². The highest BCUT2D eigenvalue weighted by molar-refractivity contribution is 6.31. The fourth-order valence-corrected chi connectivity index (χ4v) is 2.64. The molecular formula is C19H13ClN4O3. The van der Waals surface area contributed by atoms with Gasteiger partial charge in [0.05, 0.1) is 18.2 Å². The second-order valence-corrected chi connectivity index (χ2v) is 6.04. The van der Waals surface area contributed by atoms with Crippen molar-refractivity contribution in [2.45, 2.75) is 6.54 Å². The number of carbonyl (C=O) groups is 1. The summed E-state index contributed by atoms with van der Waals surface area (Å²) in [6, 6.07) is 15.0. The third-order valence-corrected chi connectivity index (χ3v) is 4.23. The monoisotopic (exact) mass is 380 g/mol. The first kappa shape index (κ1) is 18.2. The van der Waals surface area contributed by atoms with Crippen LogP contribution in [0.4, 0.5) is 5.69 Å². The summed E-state index contributed by atoms with van der Waals surface area (Å²) in [5.74, 6) is -0.672. The van der Waals surface area contributed by atoms with Crippen LogP contribution in [0.25, 0.3) is 0 Å². The van der Waals surface area contributed by atoms with E-state index in [0.29, 0.717) is 21.8 Å². The molecule has 2 N–H and O–H groups in total. The van der Waals surface area contributed by atoms with Gasteiger partial charge >= 0.3 is 5.69 Å². The van der Waals surface area contributed by atoms with Gasteiger partial charge in [-0.2, -0.15) is 5.26 Å². The molecular weight excluding hydrogens is 368 g/mol. The third-order valence-electron chi connectivity index (χ3n) is 3.86. The van der Waals surface area contributed by atoms with Crippen LogP contribution in [0.5, 0.6) is 0 Å². The Balaban J connectivity index is 1.91. The summed E-state index contributed by atoms with van der Waals surface area (Å²) in [6.45, 7) is -0.0637. The second kappa shape index (κ2) is 7.72. The number of aromatic nitrogens is 2. The number of amides is 1. The molecule has 2 aromatic carbocycles. The van der Waals surface area contributed by atoms with Crippen molar-refractivity contribution in [3.8, 4) is 6.07 Å². The van der Waals surface area contributed by atoms with Crippen LogP contribution in [0, 0.1) is 11.3 Å². The van der Waals surface area contributed by atoms with Crippen LogP contribution in [0.1, 0.15) is 21.5 Å². The minimum Gasteiger partial charge on any atom is -0.322 e. The molecule has 0 aliphatic rings. The number of H-pyrrole nitrogens is 1. The van der Waals surface area contributed by atoms with Gasteiger partial charge in [0.2, 0.25) is 0 Å². The first-order valence-electron chi connectivity index (χ1n) is 7.87. The number of nitrogens with zero attached hydrogens (tertiary/aromatic N) is 2. The molecule has 0 radical (unpaired) electrons. The van der Waals surface area contributed by atoms with Gasteiger partial charge in [-0.1, -0.05) is 29.8 Å². The van der Waals surface area contributed by atoms with Crippen molar-refractivity contribution in [1.29, 1.82) is 5.26 Å². The van der Waals surface area contributed by atoms with Crippen LogP contribution in [-0.2, 0) is 6.54 Å². The minimum atomic E-state index is -0.732. The van der Waals surface area contributed by atoms with Crippen molar-refractivity contribution in [2.75, 3.05) is 5.32 Å². The first-order valence-corrected chi connectivity index (χ1v) is 8.25. The van der Waals surface area contributed by atoms with E-state index in [1.807, 2.05) is 6.07 Å². The summed E-state index contributed by atoms with van der Waals surface area (Å²) in [4.78, 5) is 39.5. The maximum atomic E-state index is 12.6. The van der Waals surface area contributed by atoms with Crippen molar-refractivity contribution in [2.24, 2.45) is 0 Å². The quantitative estimate of drug-likeness (QED) is 0.724. The molecule has 0 bridgehead atoms. The number of carbonyl (C=O) groups excluding carboxylic acids is 1. The number of anilines is 1. The Kier molecular flexibility index (Phi) is 5.20. The number of rotatable bonds is 4. The van der Waals surface area contributed by atoms with Crippen molar-refractivity contribution >= 4 is 23.2 Å². The van der Waals surface area contributed by atoms with Crippen LogP contribution in [0.15, 0.2) is 64.3 Å². The van der Waals surface area contributed by atoms with Crippen LogP contribution in [0.2, 0.25) is 5.02 Å². The van der Waals surface area contributed by atoms with Gasteiger partial charge in [0.25, 0.3) is 11.5 Å². The van der Waals surface area contributed by atoms with Crippen molar-refractivity contribution in [1.82, 2.24) is 9.55 Å². The molecule has 0 saturated carbocycles. The first-order chi connectivity index (χ1) is 13.0. The van der Waals surface area contributed by atoms with Gasteiger partial charge in [0.15, 0.2) is 0 Å². The maximum Gasteiger partial charge on any atom is 0.328 e. The average molecular weight is 381 g/mol. The lowest BCUT2D eigenvalue weighted by molar-refractivity contribution is 0.102. The maximum absolute atomic E-state index is 12.6. The van der Waals surface area contributed by atoms with E-state index in [2.05, 4.69) is 10.3 Å². The summed E-state index contributed by atoms with van der Waals surface area (Å²) in [6.07, 6.45) is 1.08. The Morgan fingerprint density at radius 1 is 1.15 bits per heavy atom. The predicted octanol–water partition coefficient (Wildman–Crippen LogP) is 2.36. The highest BCUT2D eigenvalue weighted by atomic mass is 35.5. The topological polar surface area (TPSA) is 108 Å². The third kappa shape index (κ3) is 3.97. The van der Waals surface area contributed by atoms with E-state index in [1.165, 1.54) is 12.1 Å². The van der Waals surface area contributed by atoms with Crippen LogP contribution in [-0.4, -0.2) is 15.5 Å². The highest BCUT2D eigenvalue weighted by Crippen LogP contribution is 2.15. The number of hydrogen-bond acceptors (Lipinski definition) is 4. The Morgan fingerprint density at radius 2 is 1.85 bits per heavy atom. The van der Waals surface area contributed by atoms with Crippen molar-refractivity contribution in [3.05, 3.63) is 97.3 Å². The SMILES string of the molecule is N#Cc1ccc(NC(=O)c2c[nH]c(=O)n(Cc3ccccc3Cl)c2=O)cc1. The average Bonchev–Trinajstić information content (AvgIpc) is 2.67. The smallest absolute Gasteiger partial charge is 0.322 e. The summed E-state index contributed by atoms with van der Waals surface area (Å²) >= 11 is 6.08. The van der Waals surface area contributed by atoms with Gasteiger partial charge in [0, 0.05) is 16.9 Å². The number of nitrogens with one attached hydrogen (secondary N) is 2. The lowest BCUT2D eigenvalue weighted by Crippen LogP contribution is -2.39. The fourth-order valence-electron chi connectivity index (χ4n) is 2.44. The zero-order valence-corrected chi connectivity index (χ0v) is 14.7. The number of halogens is 1. The summed E-state index contributed by atoms with van der Waals surface area (Å²) in [5.41, 5.74) is -0.150. The van der Waals surface area contributed by atoms with E-state index in [1.54, 1.807) is 36.4 Å². The molecule has 7 nitrogen and oxygen atoms in total. The van der Waals surface area contributed by atoms with Gasteiger partial charge < -0.3 is 10.3 Å². The molecule has 0 unspecified atom stereocenters. The number of benzene rings is 2. The zero-order valence-electron chi connectivity index (χ0n) is 13.9. The number of aromatic amines is 1. The number of nitriles is 1. The Hall–Kier alpha value is -3.63. The molecule has 0 saturated heterocycles. The summed E-state index contributed by atoms with van der Waals surface area (Å²) < 4.78 is 0.912. The molecule has 1 heterocycles. The molecule has 0 aliphatic carbocycles. The van der Waals surface area contributed by atoms with Crippen molar-refractivity contribution in [3.63, 3.8) is 0 Å². The lowest BCUT2D eigenvalue weighted by atomic mass is 10.2. The Morgan fingerprint density at radius 3 is 2.52 bits per heavy atom. The highest BCUT2D eigenvalue weighted by Gasteiger charge is 2.16. The number of hydrogen-bond donors (Lipinski definition) is 2. The molecule has 0 spiro atoms. The fraction of sp³-hybridized carbons (Fsp3) is 0.0526. The van der Waals surface area contributed by atoms with Crippen LogP contribution >= 0.6 is 11.6 Å². The molecule has 3 aromatic rings.